The first-order valence-corrected chi connectivity index (χ1v) is 7.27. The number of ether oxygens (including phenoxy) is 1. The minimum absolute atomic E-state index is 0.0406. The van der Waals surface area contributed by atoms with Gasteiger partial charge in [0.1, 0.15) is 5.75 Å². The summed E-state index contributed by atoms with van der Waals surface area (Å²) < 4.78 is 5.52. The van der Waals surface area contributed by atoms with Crippen LogP contribution >= 0.6 is 11.6 Å². The van der Waals surface area contributed by atoms with E-state index in [-0.39, 0.29) is 6.04 Å². The molecule has 1 unspecified atom stereocenters. The van der Waals surface area contributed by atoms with Gasteiger partial charge < -0.3 is 10.5 Å². The highest BCUT2D eigenvalue weighted by atomic mass is 35.5. The number of nitrogens with two attached hydrogens (primary N) is 1. The van der Waals surface area contributed by atoms with Crippen molar-refractivity contribution in [2.75, 3.05) is 6.61 Å². The van der Waals surface area contributed by atoms with Crippen molar-refractivity contribution in [2.45, 2.75) is 25.8 Å². The van der Waals surface area contributed by atoms with Crippen LogP contribution in [0.1, 0.15) is 28.3 Å². The average molecular weight is 288 g/mol. The fraction of sp³-hybridized carbons (Fsp3) is 0.294. The number of hydrogen-bond donors (Lipinski definition) is 1. The molecular weight excluding hydrogens is 270 g/mol. The van der Waals surface area contributed by atoms with Gasteiger partial charge in [-0.15, -0.1) is 0 Å². The normalized spacial score (nSPS) is 14.8. The molecule has 0 saturated carbocycles. The molecule has 0 saturated heterocycles. The number of rotatable bonds is 3. The van der Waals surface area contributed by atoms with E-state index in [4.69, 9.17) is 22.1 Å². The maximum Gasteiger partial charge on any atom is 0.122 e. The molecule has 20 heavy (non-hydrogen) atoms. The summed E-state index contributed by atoms with van der Waals surface area (Å²) in [5, 5.41) is 0.796. The molecule has 2 nitrogen and oxygen atoms in total. The van der Waals surface area contributed by atoms with E-state index >= 15 is 0 Å². The first kappa shape index (κ1) is 13.5. The van der Waals surface area contributed by atoms with Gasteiger partial charge in [-0.2, -0.15) is 0 Å². The lowest BCUT2D eigenvalue weighted by Gasteiger charge is -2.14. The summed E-state index contributed by atoms with van der Waals surface area (Å²) in [5.74, 6) is 0.995. The van der Waals surface area contributed by atoms with Crippen LogP contribution in [0.2, 0.25) is 5.02 Å². The Labute approximate surface area is 124 Å². The quantitative estimate of drug-likeness (QED) is 0.931. The van der Waals surface area contributed by atoms with Gasteiger partial charge in [0, 0.05) is 17.5 Å². The van der Waals surface area contributed by atoms with Crippen LogP contribution in [0.4, 0.5) is 0 Å². The van der Waals surface area contributed by atoms with Crippen LogP contribution in [0.15, 0.2) is 36.4 Å². The van der Waals surface area contributed by atoms with Crippen molar-refractivity contribution < 1.29 is 4.74 Å². The van der Waals surface area contributed by atoms with Gasteiger partial charge in [0.15, 0.2) is 0 Å². The average Bonchev–Trinajstić information content (AvgIpc) is 2.89. The summed E-state index contributed by atoms with van der Waals surface area (Å²) in [6.45, 7) is 2.81. The van der Waals surface area contributed by atoms with E-state index < -0.39 is 0 Å². The van der Waals surface area contributed by atoms with Crippen molar-refractivity contribution in [3.8, 4) is 5.75 Å². The van der Waals surface area contributed by atoms with Crippen LogP contribution in [0.25, 0.3) is 0 Å². The summed E-state index contributed by atoms with van der Waals surface area (Å²) in [5.41, 5.74) is 11.0. The lowest BCUT2D eigenvalue weighted by atomic mass is 9.97. The molecule has 0 amide bonds. The Morgan fingerprint density at radius 1 is 1.25 bits per heavy atom. The van der Waals surface area contributed by atoms with Gasteiger partial charge in [-0.05, 0) is 47.7 Å². The van der Waals surface area contributed by atoms with Gasteiger partial charge >= 0.3 is 0 Å². The number of fused-ring (bicyclic) bond motifs is 1. The first-order valence-electron chi connectivity index (χ1n) is 6.90. The second-order valence-electron chi connectivity index (χ2n) is 5.37. The van der Waals surface area contributed by atoms with Crippen molar-refractivity contribution in [2.24, 2.45) is 5.73 Å². The second-order valence-corrected chi connectivity index (χ2v) is 5.78. The van der Waals surface area contributed by atoms with Crippen molar-refractivity contribution in [3.05, 3.63) is 63.7 Å². The molecule has 2 aromatic carbocycles. The number of aryl methyl sites for hydroxylation is 1. The monoisotopic (exact) mass is 287 g/mol. The van der Waals surface area contributed by atoms with Crippen molar-refractivity contribution >= 4 is 11.6 Å². The van der Waals surface area contributed by atoms with E-state index in [1.165, 1.54) is 11.1 Å². The topological polar surface area (TPSA) is 35.2 Å². The largest absolute Gasteiger partial charge is 0.493 e. The summed E-state index contributed by atoms with van der Waals surface area (Å²) >= 11 is 6.28. The molecule has 0 aromatic heterocycles. The van der Waals surface area contributed by atoms with E-state index in [1.807, 2.05) is 19.1 Å². The maximum atomic E-state index is 6.33. The molecule has 104 valence electrons. The molecule has 0 spiro atoms. The highest BCUT2D eigenvalue weighted by Crippen LogP contribution is 2.29. The summed E-state index contributed by atoms with van der Waals surface area (Å²) in [6, 6.07) is 12.3. The lowest BCUT2D eigenvalue weighted by Crippen LogP contribution is -2.13. The second kappa shape index (κ2) is 5.47. The zero-order valence-electron chi connectivity index (χ0n) is 11.5. The third-order valence-electron chi connectivity index (χ3n) is 3.79. The number of benzene rings is 2. The molecule has 0 radical (unpaired) electrons. The Morgan fingerprint density at radius 2 is 2.10 bits per heavy atom. The van der Waals surface area contributed by atoms with Crippen molar-refractivity contribution in [3.63, 3.8) is 0 Å². The molecule has 1 atom stereocenters. The van der Waals surface area contributed by atoms with Crippen molar-refractivity contribution in [1.29, 1.82) is 0 Å². The smallest absolute Gasteiger partial charge is 0.122 e. The molecule has 0 bridgehead atoms. The molecule has 2 aromatic rings. The first-order chi connectivity index (χ1) is 9.63. The van der Waals surface area contributed by atoms with Gasteiger partial charge in [0.25, 0.3) is 0 Å². The van der Waals surface area contributed by atoms with Crippen molar-refractivity contribution in [1.82, 2.24) is 0 Å². The fourth-order valence-corrected chi connectivity index (χ4v) is 2.92. The molecule has 2 N–H and O–H groups in total. The highest BCUT2D eigenvalue weighted by molar-refractivity contribution is 6.31. The maximum absolute atomic E-state index is 6.33. The van der Waals surface area contributed by atoms with E-state index in [1.54, 1.807) is 0 Å². The zero-order valence-corrected chi connectivity index (χ0v) is 12.3. The molecule has 0 aliphatic carbocycles. The van der Waals surface area contributed by atoms with Crippen LogP contribution in [-0.2, 0) is 12.8 Å². The lowest BCUT2D eigenvalue weighted by molar-refractivity contribution is 0.357. The van der Waals surface area contributed by atoms with Crippen LogP contribution in [0.5, 0.6) is 5.75 Å². The van der Waals surface area contributed by atoms with Crippen LogP contribution < -0.4 is 10.5 Å². The molecular formula is C17H18ClNO. The minimum atomic E-state index is -0.0406. The number of hydrogen-bond acceptors (Lipinski definition) is 2. The molecule has 1 aliphatic heterocycles. The molecule has 3 rings (SSSR count). The highest BCUT2D eigenvalue weighted by Gasteiger charge is 2.15. The summed E-state index contributed by atoms with van der Waals surface area (Å²) in [4.78, 5) is 0. The molecule has 1 heterocycles. The molecule has 1 aliphatic rings. The van der Waals surface area contributed by atoms with Gasteiger partial charge in [0.2, 0.25) is 0 Å². The van der Waals surface area contributed by atoms with E-state index in [0.29, 0.717) is 0 Å². The van der Waals surface area contributed by atoms with E-state index in [9.17, 15) is 0 Å². The Hall–Kier alpha value is -1.51. The van der Waals surface area contributed by atoms with Gasteiger partial charge in [-0.25, -0.2) is 0 Å². The summed E-state index contributed by atoms with van der Waals surface area (Å²) in [7, 11) is 0. The third-order valence-corrected chi connectivity index (χ3v) is 4.14. The SMILES string of the molecule is Cc1ccc(CC(N)c2ccc3c(c2)CCO3)c(Cl)c1. The summed E-state index contributed by atoms with van der Waals surface area (Å²) in [6.07, 6.45) is 1.72. The minimum Gasteiger partial charge on any atom is -0.493 e. The van der Waals surface area contributed by atoms with Crippen LogP contribution in [-0.4, -0.2) is 6.61 Å². The Bertz CT molecular complexity index is 639. The zero-order chi connectivity index (χ0) is 14.1. The predicted molar refractivity (Wildman–Crippen MR) is 82.5 cm³/mol. The third kappa shape index (κ3) is 2.67. The van der Waals surface area contributed by atoms with Crippen LogP contribution in [0, 0.1) is 6.92 Å². The van der Waals surface area contributed by atoms with E-state index in [2.05, 4.69) is 24.3 Å². The predicted octanol–water partition coefficient (Wildman–Crippen LogP) is 3.83. The van der Waals surface area contributed by atoms with Gasteiger partial charge in [-0.3, -0.25) is 0 Å². The van der Waals surface area contributed by atoms with Crippen LogP contribution in [0.3, 0.4) is 0 Å². The van der Waals surface area contributed by atoms with Gasteiger partial charge in [-0.1, -0.05) is 35.9 Å². The molecule has 0 fully saturated rings. The Kier molecular flexibility index (Phi) is 3.68. The number of halogens is 1. The Balaban J connectivity index is 1.80. The van der Waals surface area contributed by atoms with Gasteiger partial charge in [0.05, 0.1) is 6.61 Å². The van der Waals surface area contributed by atoms with E-state index in [0.717, 1.165) is 41.3 Å². The Morgan fingerprint density at radius 3 is 2.90 bits per heavy atom. The standard InChI is InChI=1S/C17H18ClNO/c1-11-2-3-12(15(18)8-11)10-16(19)13-4-5-17-14(9-13)6-7-20-17/h2-5,8-9,16H,6-7,10,19H2,1H3. The molecule has 3 heteroatoms. The fourth-order valence-electron chi connectivity index (χ4n) is 2.61.